The van der Waals surface area contributed by atoms with Crippen LogP contribution in [0.15, 0.2) is 85.1 Å². The summed E-state index contributed by atoms with van der Waals surface area (Å²) < 4.78 is 1.80. The van der Waals surface area contributed by atoms with Crippen LogP contribution in [-0.2, 0) is 0 Å². The molecule has 0 amide bonds. The second-order valence-electron chi connectivity index (χ2n) is 6.27. The maximum Gasteiger partial charge on any atom is 0.270 e. The van der Waals surface area contributed by atoms with Gasteiger partial charge in [-0.3, -0.25) is 10.1 Å². The first-order chi connectivity index (χ1) is 13.7. The number of non-ortho nitro benzene ring substituents is 1. The third kappa shape index (κ3) is 3.23. The van der Waals surface area contributed by atoms with E-state index in [9.17, 15) is 10.1 Å². The molecule has 0 aliphatic rings. The summed E-state index contributed by atoms with van der Waals surface area (Å²) in [6, 6.07) is 24.3. The van der Waals surface area contributed by atoms with Crippen molar-refractivity contribution in [3.8, 4) is 28.1 Å². The zero-order chi connectivity index (χ0) is 19.5. The molecule has 1 heterocycles. The highest BCUT2D eigenvalue weighted by Gasteiger charge is 2.18. The quantitative estimate of drug-likeness (QED) is 0.389. The van der Waals surface area contributed by atoms with Gasteiger partial charge in [0.05, 0.1) is 10.6 Å². The van der Waals surface area contributed by atoms with Gasteiger partial charge in [-0.25, -0.2) is 4.68 Å². The lowest BCUT2D eigenvalue weighted by Gasteiger charge is -2.09. The first-order valence-electron chi connectivity index (χ1n) is 8.84. The molecule has 0 atom stereocenters. The Morgan fingerprint density at radius 3 is 2.43 bits per heavy atom. The molecule has 0 fully saturated rings. The van der Waals surface area contributed by atoms with Gasteiger partial charge in [0.1, 0.15) is 5.69 Å². The molecule has 0 unspecified atom stereocenters. The van der Waals surface area contributed by atoms with Gasteiger partial charge in [0, 0.05) is 47.8 Å². The van der Waals surface area contributed by atoms with E-state index < -0.39 is 0 Å². The molecule has 28 heavy (non-hydrogen) atoms. The smallest absolute Gasteiger partial charge is 0.270 e. The summed E-state index contributed by atoms with van der Waals surface area (Å²) in [6.07, 6.45) is 1.96. The summed E-state index contributed by atoms with van der Waals surface area (Å²) in [5.74, 6) is 0. The van der Waals surface area contributed by atoms with E-state index in [2.05, 4.69) is 5.32 Å². The Kier molecular flexibility index (Phi) is 4.60. The summed E-state index contributed by atoms with van der Waals surface area (Å²) in [6.45, 7) is 0. The van der Waals surface area contributed by atoms with Gasteiger partial charge in [0.2, 0.25) is 0 Å². The summed E-state index contributed by atoms with van der Waals surface area (Å²) in [5.41, 5.74) is 5.19. The summed E-state index contributed by atoms with van der Waals surface area (Å²) in [5, 5.41) is 19.2. The molecule has 4 aromatic rings. The number of nitrogens with one attached hydrogen (secondary N) is 1. The van der Waals surface area contributed by atoms with Crippen molar-refractivity contribution in [2.45, 2.75) is 0 Å². The predicted molar refractivity (Wildman–Crippen MR) is 111 cm³/mol. The van der Waals surface area contributed by atoms with Crippen LogP contribution in [0.5, 0.6) is 0 Å². The second kappa shape index (κ2) is 7.36. The van der Waals surface area contributed by atoms with E-state index in [0.29, 0.717) is 11.3 Å². The lowest BCUT2D eigenvalue weighted by atomic mass is 10.00. The molecule has 6 nitrogen and oxygen atoms in total. The number of hydrogen-bond acceptors (Lipinski definition) is 4. The van der Waals surface area contributed by atoms with E-state index >= 15 is 0 Å². The maximum absolute atomic E-state index is 11.2. The Hall–Kier alpha value is -3.93. The topological polar surface area (TPSA) is 73.0 Å². The molecule has 0 saturated carbocycles. The maximum atomic E-state index is 11.2. The second-order valence-corrected chi connectivity index (χ2v) is 6.27. The van der Waals surface area contributed by atoms with Gasteiger partial charge in [-0.05, 0) is 18.2 Å². The molecule has 138 valence electrons. The average molecular weight is 370 g/mol. The van der Waals surface area contributed by atoms with Crippen LogP contribution in [0.2, 0.25) is 0 Å². The van der Waals surface area contributed by atoms with E-state index in [1.54, 1.807) is 16.8 Å². The molecule has 3 aromatic carbocycles. The van der Waals surface area contributed by atoms with Crippen LogP contribution in [0.1, 0.15) is 0 Å². The monoisotopic (exact) mass is 370 g/mol. The molecule has 4 rings (SSSR count). The number of nitro groups is 1. The lowest BCUT2D eigenvalue weighted by molar-refractivity contribution is -0.384. The van der Waals surface area contributed by atoms with Crippen LogP contribution in [0.25, 0.3) is 28.1 Å². The molecule has 0 saturated heterocycles. The molecule has 1 aromatic heterocycles. The Bertz CT molecular complexity index is 1140. The normalized spacial score (nSPS) is 10.6. The van der Waals surface area contributed by atoms with Crippen LogP contribution in [0, 0.1) is 10.1 Å². The summed E-state index contributed by atoms with van der Waals surface area (Å²) in [7, 11) is 1.87. The SMILES string of the molecule is CNc1ccccc1-c1cn(-c2ccccc2)nc1-c1cccc([N+](=O)[O-])c1. The zero-order valence-electron chi connectivity index (χ0n) is 15.2. The predicted octanol–water partition coefficient (Wildman–Crippen LogP) is 5.16. The number of anilines is 1. The highest BCUT2D eigenvalue weighted by Crippen LogP contribution is 2.36. The first-order valence-corrected chi connectivity index (χ1v) is 8.84. The average Bonchev–Trinajstić information content (AvgIpc) is 3.20. The van der Waals surface area contributed by atoms with Crippen molar-refractivity contribution in [3.63, 3.8) is 0 Å². The molecule has 0 radical (unpaired) electrons. The molecular weight excluding hydrogens is 352 g/mol. The highest BCUT2D eigenvalue weighted by molar-refractivity contribution is 5.87. The van der Waals surface area contributed by atoms with Gasteiger partial charge in [0.15, 0.2) is 0 Å². The van der Waals surface area contributed by atoms with E-state index in [4.69, 9.17) is 5.10 Å². The van der Waals surface area contributed by atoms with Crippen molar-refractivity contribution < 1.29 is 4.92 Å². The van der Waals surface area contributed by atoms with Crippen molar-refractivity contribution in [1.82, 2.24) is 9.78 Å². The fraction of sp³-hybridized carbons (Fsp3) is 0.0455. The van der Waals surface area contributed by atoms with Crippen molar-refractivity contribution in [2.75, 3.05) is 12.4 Å². The molecule has 0 spiro atoms. The van der Waals surface area contributed by atoms with Crippen molar-refractivity contribution in [2.24, 2.45) is 0 Å². The third-order valence-electron chi connectivity index (χ3n) is 4.55. The summed E-state index contributed by atoms with van der Waals surface area (Å²) >= 11 is 0. The number of para-hydroxylation sites is 2. The molecule has 1 N–H and O–H groups in total. The minimum absolute atomic E-state index is 0.0413. The largest absolute Gasteiger partial charge is 0.388 e. The van der Waals surface area contributed by atoms with Gasteiger partial charge in [-0.15, -0.1) is 0 Å². The minimum atomic E-state index is -0.390. The molecule has 6 heteroatoms. The van der Waals surface area contributed by atoms with E-state index in [1.165, 1.54) is 6.07 Å². The summed E-state index contributed by atoms with van der Waals surface area (Å²) in [4.78, 5) is 10.8. The minimum Gasteiger partial charge on any atom is -0.388 e. The molecular formula is C22H18N4O2. The highest BCUT2D eigenvalue weighted by atomic mass is 16.6. The van der Waals surface area contributed by atoms with Gasteiger partial charge >= 0.3 is 0 Å². The van der Waals surface area contributed by atoms with Crippen molar-refractivity contribution >= 4 is 11.4 Å². The Balaban J connectivity index is 1.95. The first kappa shape index (κ1) is 17.5. The fourth-order valence-corrected chi connectivity index (χ4v) is 3.20. The third-order valence-corrected chi connectivity index (χ3v) is 4.55. The number of rotatable bonds is 5. The van der Waals surface area contributed by atoms with Crippen LogP contribution >= 0.6 is 0 Å². The number of benzene rings is 3. The Morgan fingerprint density at radius 1 is 0.929 bits per heavy atom. The standard InChI is InChI=1S/C22H18N4O2/c1-23-21-13-6-5-12-19(21)20-15-25(17-9-3-2-4-10-17)24-22(20)16-8-7-11-18(14-16)26(27)28/h2-15,23H,1H3. The Labute approximate surface area is 162 Å². The zero-order valence-corrected chi connectivity index (χ0v) is 15.2. The van der Waals surface area contributed by atoms with Gasteiger partial charge in [0.25, 0.3) is 5.69 Å². The molecule has 0 aliphatic carbocycles. The van der Waals surface area contributed by atoms with Crippen LogP contribution < -0.4 is 5.32 Å². The number of nitrogens with zero attached hydrogens (tertiary/aromatic N) is 3. The van der Waals surface area contributed by atoms with Gasteiger partial charge in [-0.1, -0.05) is 48.5 Å². The van der Waals surface area contributed by atoms with E-state index in [0.717, 1.165) is 22.5 Å². The van der Waals surface area contributed by atoms with Crippen molar-refractivity contribution in [3.05, 3.63) is 95.2 Å². The van der Waals surface area contributed by atoms with Crippen LogP contribution in [-0.4, -0.2) is 21.8 Å². The number of nitro benzene ring substituents is 1. The molecule has 0 bridgehead atoms. The van der Waals surface area contributed by atoms with Crippen molar-refractivity contribution in [1.29, 1.82) is 0 Å². The molecule has 0 aliphatic heterocycles. The Morgan fingerprint density at radius 2 is 1.68 bits per heavy atom. The lowest BCUT2D eigenvalue weighted by Crippen LogP contribution is -1.94. The fourth-order valence-electron chi connectivity index (χ4n) is 3.20. The number of aromatic nitrogens is 2. The van der Waals surface area contributed by atoms with Gasteiger partial charge in [-0.2, -0.15) is 5.10 Å². The van der Waals surface area contributed by atoms with Gasteiger partial charge < -0.3 is 5.32 Å². The van der Waals surface area contributed by atoms with E-state index in [1.807, 2.05) is 73.9 Å². The van der Waals surface area contributed by atoms with Crippen LogP contribution in [0.3, 0.4) is 0 Å². The van der Waals surface area contributed by atoms with Crippen LogP contribution in [0.4, 0.5) is 11.4 Å². The number of hydrogen-bond donors (Lipinski definition) is 1. The van der Waals surface area contributed by atoms with E-state index in [-0.39, 0.29) is 10.6 Å².